The molecule has 0 bridgehead atoms. The zero-order valence-corrected chi connectivity index (χ0v) is 30.8. The molecule has 1 amide bonds. The first-order valence-electron chi connectivity index (χ1n) is 17.7. The molecule has 1 aliphatic rings. The predicted octanol–water partition coefficient (Wildman–Crippen LogP) is 8.39. The number of amidine groups is 1. The number of hydrogen-bond donors (Lipinski definition) is 0. The molecule has 0 radical (unpaired) electrons. The molecule has 3 heterocycles. The first-order chi connectivity index (χ1) is 26.9. The fourth-order valence-corrected chi connectivity index (χ4v) is 6.08. The van der Waals surface area contributed by atoms with Crippen LogP contribution >= 0.6 is 0 Å². The Kier molecular flexibility index (Phi) is 10.9. The van der Waals surface area contributed by atoms with Crippen LogP contribution in [0.5, 0.6) is 23.0 Å². The molecule has 0 fully saturated rings. The summed E-state index contributed by atoms with van der Waals surface area (Å²) in [6.45, 7) is 2.57. The lowest BCUT2D eigenvalue weighted by molar-refractivity contribution is -0.113. The van der Waals surface area contributed by atoms with Crippen LogP contribution in [0.15, 0.2) is 126 Å². The molecule has 55 heavy (non-hydrogen) atoms. The summed E-state index contributed by atoms with van der Waals surface area (Å²) >= 11 is 0. The fourth-order valence-electron chi connectivity index (χ4n) is 6.08. The maximum atomic E-state index is 14.5. The van der Waals surface area contributed by atoms with Gasteiger partial charge in [-0.15, -0.1) is 0 Å². The number of methoxy groups -OCH3 is 3. The number of carbonyl (C=O) groups is 1. The number of nitrogens with zero attached hydrogens (tertiary/aromatic N) is 5. The third kappa shape index (κ3) is 8.06. The molecule has 7 rings (SSSR count). The Labute approximate surface area is 318 Å². The summed E-state index contributed by atoms with van der Waals surface area (Å²) in [6.07, 6.45) is 5.17. The summed E-state index contributed by atoms with van der Waals surface area (Å²) in [6, 6.07) is 32.3. The SMILES string of the molecule is CCc1ccc(CCOc2ccc(-c3cc(-c4ccc(F)cc4)nc(N4C(=O)/C(=C\c5cc(OC)c(OC)c(OC)c5)N=C4c4ccccc4)n3)cc2)nc1. The minimum atomic E-state index is -0.447. The molecular formula is C44H38FN5O5. The lowest BCUT2D eigenvalue weighted by Gasteiger charge is -2.18. The van der Waals surface area contributed by atoms with Crippen molar-refractivity contribution in [3.63, 3.8) is 0 Å². The van der Waals surface area contributed by atoms with Crippen LogP contribution in [0.3, 0.4) is 0 Å². The largest absolute Gasteiger partial charge is 0.493 e. The average Bonchev–Trinajstić information content (AvgIpc) is 3.56. The maximum absolute atomic E-state index is 14.5. The van der Waals surface area contributed by atoms with Crippen molar-refractivity contribution in [1.29, 1.82) is 0 Å². The molecule has 10 nitrogen and oxygen atoms in total. The molecule has 0 unspecified atom stereocenters. The quantitative estimate of drug-likeness (QED) is 0.109. The second-order valence-electron chi connectivity index (χ2n) is 12.5. The van der Waals surface area contributed by atoms with Gasteiger partial charge in [0.25, 0.3) is 5.91 Å². The van der Waals surface area contributed by atoms with Gasteiger partial charge in [0, 0.05) is 35.0 Å². The minimum Gasteiger partial charge on any atom is -0.493 e. The molecule has 0 atom stereocenters. The van der Waals surface area contributed by atoms with Crippen LogP contribution in [-0.4, -0.2) is 54.6 Å². The summed E-state index contributed by atoms with van der Waals surface area (Å²) in [5.74, 6) is 1.59. The molecule has 4 aromatic carbocycles. The Morgan fingerprint density at radius 3 is 1.98 bits per heavy atom. The van der Waals surface area contributed by atoms with Crippen LogP contribution < -0.4 is 23.8 Å². The molecule has 276 valence electrons. The standard InChI is InChI=1S/C44H38FN5O5/c1-5-28-11-18-34(46-27-28)21-22-55-35-19-14-31(15-20-35)37-26-36(30-12-16-33(45)17-13-30)48-44(49-37)50-42(32-9-7-6-8-10-32)47-38(43(50)51)23-29-24-39(52-2)41(54-4)40(25-29)53-3/h6-20,23-27H,5,21-22H2,1-4H3/b38-23+. The van der Waals surface area contributed by atoms with Crippen molar-refractivity contribution in [2.24, 2.45) is 4.99 Å². The summed E-state index contributed by atoms with van der Waals surface area (Å²) in [4.78, 5) is 35.0. The Morgan fingerprint density at radius 1 is 0.745 bits per heavy atom. The monoisotopic (exact) mass is 735 g/mol. The second-order valence-corrected chi connectivity index (χ2v) is 12.5. The van der Waals surface area contributed by atoms with Crippen LogP contribution in [0.4, 0.5) is 10.3 Å². The number of rotatable bonds is 13. The van der Waals surface area contributed by atoms with Gasteiger partial charge in [0.05, 0.1) is 39.3 Å². The lowest BCUT2D eigenvalue weighted by atomic mass is 10.1. The molecule has 0 saturated carbocycles. The topological polar surface area (TPSA) is 108 Å². The molecule has 2 aromatic heterocycles. The van der Waals surface area contributed by atoms with Gasteiger partial charge in [-0.3, -0.25) is 9.78 Å². The molecule has 6 aromatic rings. The van der Waals surface area contributed by atoms with Gasteiger partial charge in [-0.2, -0.15) is 0 Å². The average molecular weight is 736 g/mol. The zero-order chi connectivity index (χ0) is 38.3. The van der Waals surface area contributed by atoms with E-state index in [1.165, 1.54) is 43.9 Å². The van der Waals surface area contributed by atoms with Crippen LogP contribution in [0.2, 0.25) is 0 Å². The zero-order valence-electron chi connectivity index (χ0n) is 30.8. The van der Waals surface area contributed by atoms with Crippen LogP contribution in [0.25, 0.3) is 28.6 Å². The van der Waals surface area contributed by atoms with Crippen molar-refractivity contribution in [2.45, 2.75) is 19.8 Å². The van der Waals surface area contributed by atoms with Crippen molar-refractivity contribution < 1.29 is 28.1 Å². The van der Waals surface area contributed by atoms with Crippen molar-refractivity contribution in [1.82, 2.24) is 15.0 Å². The van der Waals surface area contributed by atoms with Crippen molar-refractivity contribution >= 4 is 23.8 Å². The van der Waals surface area contributed by atoms with Gasteiger partial charge in [-0.05, 0) is 96.4 Å². The Bertz CT molecular complexity index is 2340. The summed E-state index contributed by atoms with van der Waals surface area (Å²) in [5.41, 5.74) is 6.02. The van der Waals surface area contributed by atoms with E-state index in [1.54, 1.807) is 30.3 Å². The van der Waals surface area contributed by atoms with Crippen LogP contribution in [-0.2, 0) is 17.6 Å². The van der Waals surface area contributed by atoms with Crippen molar-refractivity contribution in [3.8, 4) is 45.5 Å². The highest BCUT2D eigenvalue weighted by Crippen LogP contribution is 2.39. The third-order valence-electron chi connectivity index (χ3n) is 9.01. The Hall–Kier alpha value is -6.88. The number of aliphatic imine (C=N–C) groups is 1. The van der Waals surface area contributed by atoms with E-state index in [0.29, 0.717) is 69.9 Å². The first-order valence-corrected chi connectivity index (χ1v) is 17.7. The van der Waals surface area contributed by atoms with Crippen molar-refractivity contribution in [3.05, 3.63) is 149 Å². The van der Waals surface area contributed by atoms with E-state index in [1.807, 2.05) is 72.9 Å². The van der Waals surface area contributed by atoms with E-state index in [-0.39, 0.29) is 17.5 Å². The number of anilines is 1. The van der Waals surface area contributed by atoms with Gasteiger partial charge >= 0.3 is 0 Å². The molecular weight excluding hydrogens is 698 g/mol. The smallest absolute Gasteiger partial charge is 0.285 e. The molecule has 0 N–H and O–H groups in total. The van der Waals surface area contributed by atoms with Crippen LogP contribution in [0, 0.1) is 5.82 Å². The van der Waals surface area contributed by atoms with Gasteiger partial charge in [0.1, 0.15) is 17.3 Å². The van der Waals surface area contributed by atoms with Gasteiger partial charge in [-0.25, -0.2) is 24.3 Å². The number of halogens is 1. The van der Waals surface area contributed by atoms with E-state index in [9.17, 15) is 9.18 Å². The lowest BCUT2D eigenvalue weighted by Crippen LogP contribution is -2.34. The van der Waals surface area contributed by atoms with Crippen LogP contribution in [0.1, 0.15) is 29.3 Å². The molecule has 0 aliphatic carbocycles. The number of aromatic nitrogens is 3. The highest BCUT2D eigenvalue weighted by Gasteiger charge is 2.35. The summed E-state index contributed by atoms with van der Waals surface area (Å²) in [7, 11) is 4.57. The number of hydrogen-bond acceptors (Lipinski definition) is 9. The number of carbonyl (C=O) groups excluding carboxylic acids is 1. The van der Waals surface area contributed by atoms with E-state index < -0.39 is 5.91 Å². The third-order valence-corrected chi connectivity index (χ3v) is 9.01. The molecule has 0 spiro atoms. The van der Waals surface area contributed by atoms with Gasteiger partial charge in [-0.1, -0.05) is 43.3 Å². The summed E-state index contributed by atoms with van der Waals surface area (Å²) < 4.78 is 36.6. The fraction of sp³-hybridized carbons (Fsp3) is 0.159. The minimum absolute atomic E-state index is 0.0969. The van der Waals surface area contributed by atoms with E-state index in [4.69, 9.17) is 33.9 Å². The van der Waals surface area contributed by atoms with Gasteiger partial charge in [0.2, 0.25) is 11.7 Å². The summed E-state index contributed by atoms with van der Waals surface area (Å²) in [5, 5.41) is 0. The van der Waals surface area contributed by atoms with E-state index in [2.05, 4.69) is 18.0 Å². The van der Waals surface area contributed by atoms with Crippen molar-refractivity contribution in [2.75, 3.05) is 32.8 Å². The number of ether oxygens (including phenoxy) is 4. The Balaban J connectivity index is 1.26. The van der Waals surface area contributed by atoms with E-state index in [0.717, 1.165) is 17.7 Å². The predicted molar refractivity (Wildman–Crippen MR) is 210 cm³/mol. The van der Waals surface area contributed by atoms with Gasteiger partial charge < -0.3 is 18.9 Å². The first kappa shape index (κ1) is 36.5. The molecule has 11 heteroatoms. The number of pyridine rings is 1. The normalized spacial score (nSPS) is 13.2. The highest BCUT2D eigenvalue weighted by atomic mass is 19.1. The molecule has 0 saturated heterocycles. The number of benzene rings is 4. The number of aryl methyl sites for hydroxylation is 1. The second kappa shape index (κ2) is 16.4. The van der Waals surface area contributed by atoms with E-state index >= 15 is 0 Å². The van der Waals surface area contributed by atoms with Gasteiger partial charge in [0.15, 0.2) is 17.3 Å². The maximum Gasteiger partial charge on any atom is 0.285 e. The number of amides is 1. The highest BCUT2D eigenvalue weighted by molar-refractivity contribution is 6.32. The molecule has 1 aliphatic heterocycles. The Morgan fingerprint density at radius 2 is 1.40 bits per heavy atom.